The number of nitrogens with one attached hydrogen (secondary N) is 2. The van der Waals surface area contributed by atoms with E-state index in [9.17, 15) is 40.7 Å². The summed E-state index contributed by atoms with van der Waals surface area (Å²) in [6.45, 7) is 4.12. The smallest absolute Gasteiger partial charge is 0.422 e. The molecule has 0 fully saturated rings. The number of rotatable bonds is 4. The van der Waals surface area contributed by atoms with Gasteiger partial charge in [0.15, 0.2) is 0 Å². The first-order chi connectivity index (χ1) is 14.9. The Morgan fingerprint density at radius 2 is 1.64 bits per heavy atom. The number of hydrogen-bond donors (Lipinski definition) is 2. The summed E-state index contributed by atoms with van der Waals surface area (Å²) < 4.78 is 90.5. The molecule has 0 aliphatic heterocycles. The van der Waals surface area contributed by atoms with Gasteiger partial charge in [-0.1, -0.05) is 0 Å². The van der Waals surface area contributed by atoms with Crippen LogP contribution in [0.2, 0.25) is 0 Å². The van der Waals surface area contributed by atoms with Gasteiger partial charge in [0.05, 0.1) is 12.7 Å². The highest BCUT2D eigenvalue weighted by atomic mass is 19.4. The number of hydrogen-bond acceptors (Lipinski definition) is 5. The summed E-state index contributed by atoms with van der Waals surface area (Å²) >= 11 is 0. The van der Waals surface area contributed by atoms with Crippen LogP contribution >= 0.6 is 0 Å². The number of carbonyl (C=O) groups excluding carboxylic acids is 2. The topological polar surface area (TPSA) is 97.5 Å². The Hall–Kier alpha value is -3.25. The van der Waals surface area contributed by atoms with Crippen LogP contribution in [0.15, 0.2) is 29.1 Å². The molecule has 33 heavy (non-hydrogen) atoms. The van der Waals surface area contributed by atoms with E-state index in [4.69, 9.17) is 4.74 Å². The Balaban J connectivity index is 2.64. The number of esters is 1. The lowest BCUT2D eigenvalue weighted by atomic mass is 9.91. The van der Waals surface area contributed by atoms with Gasteiger partial charge in [-0.2, -0.15) is 26.3 Å². The van der Waals surface area contributed by atoms with E-state index < -0.39 is 58.8 Å². The normalized spacial score (nSPS) is 14.5. The lowest BCUT2D eigenvalue weighted by molar-refractivity contribution is -0.211. The van der Waals surface area contributed by atoms with Crippen LogP contribution in [0.3, 0.4) is 0 Å². The lowest BCUT2D eigenvalue weighted by Crippen LogP contribution is -2.66. The van der Waals surface area contributed by atoms with Gasteiger partial charge >= 0.3 is 24.4 Å². The first-order valence-electron chi connectivity index (χ1n) is 9.29. The molecule has 13 heteroatoms. The molecule has 0 saturated carbocycles. The number of amides is 1. The van der Waals surface area contributed by atoms with Crippen LogP contribution in [-0.2, 0) is 26.9 Å². The zero-order chi connectivity index (χ0) is 25.4. The molecule has 0 saturated heterocycles. The van der Waals surface area contributed by atoms with E-state index in [-0.39, 0.29) is 10.8 Å². The van der Waals surface area contributed by atoms with Crippen LogP contribution in [-0.4, -0.2) is 41.5 Å². The molecule has 7 nitrogen and oxygen atoms in total. The van der Waals surface area contributed by atoms with Gasteiger partial charge in [-0.15, -0.1) is 0 Å². The molecule has 1 aromatic heterocycles. The Kier molecular flexibility index (Phi) is 6.77. The first-order valence-corrected chi connectivity index (χ1v) is 9.29. The quantitative estimate of drug-likeness (QED) is 0.506. The van der Waals surface area contributed by atoms with Crippen molar-refractivity contribution in [1.82, 2.24) is 10.3 Å². The average Bonchev–Trinajstić information content (AvgIpc) is 2.63. The Labute approximate surface area is 183 Å². The lowest BCUT2D eigenvalue weighted by Gasteiger charge is -2.34. The highest BCUT2D eigenvalue weighted by Crippen LogP contribution is 2.36. The van der Waals surface area contributed by atoms with Gasteiger partial charge in [-0.25, -0.2) is 9.59 Å². The maximum atomic E-state index is 14.1. The van der Waals surface area contributed by atoms with E-state index in [0.29, 0.717) is 19.2 Å². The molecule has 1 heterocycles. The first kappa shape index (κ1) is 26.0. The van der Waals surface area contributed by atoms with Crippen LogP contribution < -0.4 is 10.9 Å². The van der Waals surface area contributed by atoms with Gasteiger partial charge in [0.2, 0.25) is 5.54 Å². The summed E-state index contributed by atoms with van der Waals surface area (Å²) in [4.78, 5) is 38.8. The number of aromatic nitrogens is 1. The highest BCUT2D eigenvalue weighted by molar-refractivity contribution is 5.88. The highest BCUT2D eigenvalue weighted by Gasteiger charge is 2.63. The largest absolute Gasteiger partial charge is 0.467 e. The fourth-order valence-corrected chi connectivity index (χ4v) is 2.99. The monoisotopic (exact) mass is 482 g/mol. The predicted octanol–water partition coefficient (Wildman–Crippen LogP) is 4.09. The number of pyridine rings is 1. The SMILES string of the molecule is COC(=O)C(Cc1cc2cc(C(F)(F)F)ccc2c(=O)[nH]1)(NC(=O)OC(C)(C)C)C(F)(F)F. The predicted molar refractivity (Wildman–Crippen MR) is 103 cm³/mol. The summed E-state index contributed by atoms with van der Waals surface area (Å²) in [5.41, 5.74) is -7.63. The maximum Gasteiger partial charge on any atom is 0.422 e. The molecule has 1 aromatic carbocycles. The summed E-state index contributed by atoms with van der Waals surface area (Å²) in [5, 5.41) is 0.929. The number of benzene rings is 1. The van der Waals surface area contributed by atoms with Crippen molar-refractivity contribution >= 4 is 22.8 Å². The number of fused-ring (bicyclic) bond motifs is 1. The molecule has 0 bridgehead atoms. The number of alkyl carbamates (subject to hydrolysis) is 1. The van der Waals surface area contributed by atoms with Crippen molar-refractivity contribution < 1.29 is 45.4 Å². The zero-order valence-electron chi connectivity index (χ0n) is 17.8. The Morgan fingerprint density at radius 1 is 1.03 bits per heavy atom. The van der Waals surface area contributed by atoms with E-state index in [0.717, 1.165) is 12.1 Å². The van der Waals surface area contributed by atoms with E-state index >= 15 is 0 Å². The van der Waals surface area contributed by atoms with Gasteiger partial charge in [-0.3, -0.25) is 10.1 Å². The zero-order valence-corrected chi connectivity index (χ0v) is 17.8. The number of halogens is 6. The van der Waals surface area contributed by atoms with Gasteiger partial charge in [0.25, 0.3) is 5.56 Å². The number of aromatic amines is 1. The molecule has 1 amide bonds. The summed E-state index contributed by atoms with van der Waals surface area (Å²) in [7, 11) is 0.651. The molecule has 1 atom stereocenters. The summed E-state index contributed by atoms with van der Waals surface area (Å²) in [6, 6.07) is 2.96. The third kappa shape index (κ3) is 5.76. The second-order valence-electron chi connectivity index (χ2n) is 8.12. The third-order valence-electron chi connectivity index (χ3n) is 4.42. The summed E-state index contributed by atoms with van der Waals surface area (Å²) in [5.74, 6) is -1.93. The van der Waals surface area contributed by atoms with Crippen molar-refractivity contribution in [3.63, 3.8) is 0 Å². The number of alkyl halides is 6. The Morgan fingerprint density at radius 3 is 2.12 bits per heavy atom. The standard InChI is InChI=1S/C20H20F6N2O5/c1-17(2,3)33-16(31)28-18(15(30)32-4,20(24,25)26)9-12-8-10-7-11(19(21,22)23)5-6-13(10)14(29)27-12/h5-8H,9H2,1-4H3,(H,27,29)(H,28,31). The van der Waals surface area contributed by atoms with Gasteiger partial charge in [0, 0.05) is 17.5 Å². The minimum atomic E-state index is -5.45. The maximum absolute atomic E-state index is 14.1. The van der Waals surface area contributed by atoms with E-state index in [1.54, 1.807) is 0 Å². The fraction of sp³-hybridized carbons (Fsp3) is 0.450. The second kappa shape index (κ2) is 8.60. The van der Waals surface area contributed by atoms with Crippen molar-refractivity contribution in [2.75, 3.05) is 7.11 Å². The van der Waals surface area contributed by atoms with Crippen LogP contribution in [0.4, 0.5) is 31.1 Å². The third-order valence-corrected chi connectivity index (χ3v) is 4.42. The van der Waals surface area contributed by atoms with E-state index in [1.165, 1.54) is 26.1 Å². The molecule has 0 aliphatic carbocycles. The number of ether oxygens (including phenoxy) is 2. The van der Waals surface area contributed by atoms with Crippen LogP contribution in [0.5, 0.6) is 0 Å². The van der Waals surface area contributed by atoms with Crippen molar-refractivity contribution in [1.29, 1.82) is 0 Å². The number of carbonyl (C=O) groups is 2. The van der Waals surface area contributed by atoms with E-state index in [2.05, 4.69) is 9.72 Å². The molecule has 2 aromatic rings. The number of methoxy groups -OCH3 is 1. The van der Waals surface area contributed by atoms with Crippen molar-refractivity contribution in [3.05, 3.63) is 45.9 Å². The van der Waals surface area contributed by atoms with Gasteiger partial charge in [-0.05, 0) is 50.4 Å². The molecule has 0 spiro atoms. The summed E-state index contributed by atoms with van der Waals surface area (Å²) in [6.07, 6.45) is -13.2. The van der Waals surface area contributed by atoms with Gasteiger partial charge < -0.3 is 14.5 Å². The number of H-pyrrole nitrogens is 1. The minimum Gasteiger partial charge on any atom is -0.467 e. The van der Waals surface area contributed by atoms with Crippen LogP contribution in [0.1, 0.15) is 32.0 Å². The molecular weight excluding hydrogens is 462 g/mol. The van der Waals surface area contributed by atoms with Gasteiger partial charge in [0.1, 0.15) is 5.60 Å². The van der Waals surface area contributed by atoms with Crippen molar-refractivity contribution in [3.8, 4) is 0 Å². The average molecular weight is 482 g/mol. The molecule has 1 unspecified atom stereocenters. The molecule has 0 aliphatic rings. The second-order valence-corrected chi connectivity index (χ2v) is 8.12. The molecule has 0 radical (unpaired) electrons. The Bertz CT molecular complexity index is 1120. The molecule has 182 valence electrons. The van der Waals surface area contributed by atoms with Crippen molar-refractivity contribution in [2.45, 2.75) is 50.7 Å². The molecule has 2 rings (SSSR count). The molecule has 2 N–H and O–H groups in total. The van der Waals surface area contributed by atoms with E-state index in [1.807, 2.05) is 0 Å². The molecular formula is C20H20F6N2O5. The minimum absolute atomic E-state index is 0.220. The fourth-order valence-electron chi connectivity index (χ4n) is 2.99. The van der Waals surface area contributed by atoms with Crippen LogP contribution in [0, 0.1) is 0 Å². The van der Waals surface area contributed by atoms with Crippen molar-refractivity contribution in [2.24, 2.45) is 0 Å². The van der Waals surface area contributed by atoms with Crippen LogP contribution in [0.25, 0.3) is 10.8 Å².